The van der Waals surface area contributed by atoms with Gasteiger partial charge < -0.3 is 44.1 Å². The summed E-state index contributed by atoms with van der Waals surface area (Å²) in [4.78, 5) is 3.95. The molecule has 304 valence electrons. The Labute approximate surface area is 332 Å². The van der Waals surface area contributed by atoms with E-state index in [1.807, 2.05) is 52.3 Å². The van der Waals surface area contributed by atoms with Gasteiger partial charge in [-0.2, -0.15) is 0 Å². The Morgan fingerprint density at radius 3 is 1.43 bits per heavy atom. The number of hydrogen-bond donors (Lipinski definition) is 4. The summed E-state index contributed by atoms with van der Waals surface area (Å²) in [5, 5.41) is 37.1. The quantitative estimate of drug-likeness (QED) is 0.0566. The van der Waals surface area contributed by atoms with Crippen LogP contribution in [0.2, 0.25) is 0 Å². The number of hydrogen-bond acceptors (Lipinski definition) is 11. The first-order valence-electron chi connectivity index (χ1n) is 19.9. The van der Waals surface area contributed by atoms with Crippen molar-refractivity contribution >= 4 is 0 Å². The Bertz CT molecular complexity index is 1630. The van der Waals surface area contributed by atoms with Crippen LogP contribution in [-0.2, 0) is 24.4 Å². The monoisotopic (exact) mass is 772 g/mol. The fourth-order valence-corrected chi connectivity index (χ4v) is 7.40. The normalized spacial score (nSPS) is 13.0. The SMILES string of the molecule is OCCN(CCO)CCOCCOCCC1(CCOCCOCCN(CCO)CCO)c2ccccc2-c2ccc(-c3ccc(Oc4ccccc4)cc3)cc21. The Kier molecular flexibility index (Phi) is 18.7. The van der Waals surface area contributed by atoms with E-state index in [1.165, 1.54) is 22.3 Å². The van der Waals surface area contributed by atoms with Gasteiger partial charge in [-0.3, -0.25) is 9.80 Å². The summed E-state index contributed by atoms with van der Waals surface area (Å²) in [6, 6.07) is 33.5. The van der Waals surface area contributed by atoms with Gasteiger partial charge in [0, 0.05) is 57.9 Å². The van der Waals surface area contributed by atoms with Crippen molar-refractivity contribution in [2.24, 2.45) is 0 Å². The molecule has 11 heteroatoms. The first kappa shape index (κ1) is 43.4. The van der Waals surface area contributed by atoms with Crippen LogP contribution in [0.4, 0.5) is 0 Å². The number of aliphatic hydroxyl groups excluding tert-OH is 4. The minimum atomic E-state index is -0.343. The van der Waals surface area contributed by atoms with Crippen molar-refractivity contribution < 1.29 is 44.1 Å². The van der Waals surface area contributed by atoms with Gasteiger partial charge in [0.15, 0.2) is 0 Å². The largest absolute Gasteiger partial charge is 0.457 e. The summed E-state index contributed by atoms with van der Waals surface area (Å²) in [6.45, 7) is 7.41. The predicted molar refractivity (Wildman–Crippen MR) is 218 cm³/mol. The highest BCUT2D eigenvalue weighted by atomic mass is 16.5. The zero-order valence-electron chi connectivity index (χ0n) is 32.6. The lowest BCUT2D eigenvalue weighted by Crippen LogP contribution is -2.33. The second kappa shape index (κ2) is 24.1. The molecule has 0 aliphatic heterocycles. The van der Waals surface area contributed by atoms with Gasteiger partial charge >= 0.3 is 0 Å². The molecule has 0 bridgehead atoms. The van der Waals surface area contributed by atoms with Crippen LogP contribution in [0, 0.1) is 0 Å². The molecule has 4 N–H and O–H groups in total. The van der Waals surface area contributed by atoms with E-state index in [2.05, 4.69) is 54.6 Å². The molecule has 56 heavy (non-hydrogen) atoms. The molecule has 0 saturated carbocycles. The number of para-hydroxylation sites is 1. The zero-order valence-corrected chi connectivity index (χ0v) is 32.6. The molecule has 4 aromatic carbocycles. The average Bonchev–Trinajstić information content (AvgIpc) is 3.49. The van der Waals surface area contributed by atoms with E-state index in [1.54, 1.807) is 0 Å². The first-order chi connectivity index (χ1) is 27.6. The van der Waals surface area contributed by atoms with Gasteiger partial charge in [-0.05, 0) is 76.6 Å². The summed E-state index contributed by atoms with van der Waals surface area (Å²) in [6.07, 6.45) is 1.52. The minimum absolute atomic E-state index is 0.0462. The van der Waals surface area contributed by atoms with E-state index in [9.17, 15) is 20.4 Å². The van der Waals surface area contributed by atoms with Crippen LogP contribution in [-0.4, -0.2) is 149 Å². The van der Waals surface area contributed by atoms with Gasteiger partial charge in [0.1, 0.15) is 11.5 Å². The van der Waals surface area contributed by atoms with Gasteiger partial charge in [0.25, 0.3) is 0 Å². The molecule has 0 heterocycles. The molecular weight excluding hydrogens is 712 g/mol. The number of nitrogens with zero attached hydrogens (tertiary/aromatic N) is 2. The van der Waals surface area contributed by atoms with Crippen molar-refractivity contribution in [3.05, 3.63) is 108 Å². The molecule has 0 spiro atoms. The summed E-state index contributed by atoms with van der Waals surface area (Å²) < 4.78 is 30.2. The second-order valence-corrected chi connectivity index (χ2v) is 13.9. The highest BCUT2D eigenvalue weighted by molar-refractivity contribution is 5.84. The Morgan fingerprint density at radius 2 is 0.875 bits per heavy atom. The molecule has 0 aromatic heterocycles. The van der Waals surface area contributed by atoms with Crippen molar-refractivity contribution in [3.8, 4) is 33.8 Å². The highest BCUT2D eigenvalue weighted by Crippen LogP contribution is 2.53. The molecular formula is C45H60N2O9. The molecule has 0 amide bonds. The van der Waals surface area contributed by atoms with Crippen molar-refractivity contribution in [2.45, 2.75) is 18.3 Å². The van der Waals surface area contributed by atoms with Gasteiger partial charge in [0.05, 0.1) is 66.1 Å². The molecule has 1 aliphatic carbocycles. The number of ether oxygens (including phenoxy) is 5. The molecule has 0 fully saturated rings. The topological polar surface area (TPSA) is 134 Å². The molecule has 11 nitrogen and oxygen atoms in total. The summed E-state index contributed by atoms with van der Waals surface area (Å²) in [7, 11) is 0. The fraction of sp³-hybridized carbons (Fsp3) is 0.467. The minimum Gasteiger partial charge on any atom is -0.457 e. The molecule has 0 radical (unpaired) electrons. The Morgan fingerprint density at radius 1 is 0.411 bits per heavy atom. The summed E-state index contributed by atoms with van der Waals surface area (Å²) in [5.74, 6) is 1.58. The molecule has 1 aliphatic rings. The lowest BCUT2D eigenvalue weighted by atomic mass is 9.72. The fourth-order valence-electron chi connectivity index (χ4n) is 7.40. The first-order valence-corrected chi connectivity index (χ1v) is 19.9. The number of benzene rings is 4. The van der Waals surface area contributed by atoms with E-state index < -0.39 is 0 Å². The van der Waals surface area contributed by atoms with Crippen LogP contribution < -0.4 is 4.74 Å². The third kappa shape index (κ3) is 12.6. The van der Waals surface area contributed by atoms with Crippen LogP contribution in [0.1, 0.15) is 24.0 Å². The molecule has 0 atom stereocenters. The van der Waals surface area contributed by atoms with Crippen LogP contribution in [0.3, 0.4) is 0 Å². The number of rotatable bonds is 29. The third-order valence-corrected chi connectivity index (χ3v) is 10.3. The maximum atomic E-state index is 9.27. The molecule has 0 unspecified atom stereocenters. The average molecular weight is 773 g/mol. The van der Waals surface area contributed by atoms with Crippen molar-refractivity contribution in [1.82, 2.24) is 9.80 Å². The molecule has 0 saturated heterocycles. The molecule has 4 aromatic rings. The van der Waals surface area contributed by atoms with E-state index in [-0.39, 0.29) is 31.8 Å². The smallest absolute Gasteiger partial charge is 0.127 e. The van der Waals surface area contributed by atoms with E-state index in [0.717, 1.165) is 35.5 Å². The van der Waals surface area contributed by atoms with Crippen molar-refractivity contribution in [1.29, 1.82) is 0 Å². The van der Waals surface area contributed by atoms with E-state index >= 15 is 0 Å². The van der Waals surface area contributed by atoms with E-state index in [4.69, 9.17) is 23.7 Å². The molecule has 5 rings (SSSR count). The van der Waals surface area contributed by atoms with Crippen LogP contribution in [0.5, 0.6) is 11.5 Å². The van der Waals surface area contributed by atoms with Gasteiger partial charge in [-0.15, -0.1) is 0 Å². The zero-order chi connectivity index (χ0) is 39.3. The standard InChI is InChI=1S/C45H60N2O9/c48-24-18-46(19-25-49)22-30-54-34-32-52-28-16-45(17-29-53-33-35-55-31-23-47(20-26-50)21-27-51)43-9-5-4-8-41(43)42-15-12-38(36-44(42)45)37-10-13-40(14-11-37)56-39-6-2-1-3-7-39/h1-15,36,48-51H,16-35H2. The van der Waals surface area contributed by atoms with Gasteiger partial charge in [0.2, 0.25) is 0 Å². The van der Waals surface area contributed by atoms with Crippen molar-refractivity contribution in [2.75, 3.05) is 119 Å². The van der Waals surface area contributed by atoms with E-state index in [0.29, 0.717) is 92.1 Å². The second-order valence-electron chi connectivity index (χ2n) is 13.9. The Hall–Kier alpha value is -3.72. The number of fused-ring (bicyclic) bond motifs is 3. The van der Waals surface area contributed by atoms with Crippen LogP contribution in [0.15, 0.2) is 97.1 Å². The number of aliphatic hydroxyl groups is 4. The van der Waals surface area contributed by atoms with Crippen molar-refractivity contribution in [3.63, 3.8) is 0 Å². The maximum Gasteiger partial charge on any atom is 0.127 e. The predicted octanol–water partition coefficient (Wildman–Crippen LogP) is 4.83. The Balaban J connectivity index is 1.26. The lowest BCUT2D eigenvalue weighted by Gasteiger charge is -2.32. The van der Waals surface area contributed by atoms with Gasteiger partial charge in [-0.25, -0.2) is 0 Å². The third-order valence-electron chi connectivity index (χ3n) is 10.3. The van der Waals surface area contributed by atoms with Gasteiger partial charge in [-0.1, -0.05) is 66.7 Å². The van der Waals surface area contributed by atoms with Crippen LogP contribution in [0.25, 0.3) is 22.3 Å². The lowest BCUT2D eigenvalue weighted by molar-refractivity contribution is 0.0226. The van der Waals surface area contributed by atoms with Crippen LogP contribution >= 0.6 is 0 Å². The summed E-state index contributed by atoms with van der Waals surface area (Å²) >= 11 is 0. The summed E-state index contributed by atoms with van der Waals surface area (Å²) in [5.41, 5.74) is 6.89. The maximum absolute atomic E-state index is 9.27. The highest BCUT2D eigenvalue weighted by Gasteiger charge is 2.42.